The Kier molecular flexibility index (Phi) is 15.9. The molecule has 3 rings (SSSR count). The van der Waals surface area contributed by atoms with Crippen molar-refractivity contribution in [1.29, 1.82) is 0 Å². The van der Waals surface area contributed by atoms with Gasteiger partial charge in [0.15, 0.2) is 0 Å². The molecule has 0 aliphatic heterocycles. The van der Waals surface area contributed by atoms with Crippen LogP contribution in [0.3, 0.4) is 0 Å². The lowest BCUT2D eigenvalue weighted by molar-refractivity contribution is -0.140. The Morgan fingerprint density at radius 2 is 1.04 bits per heavy atom. The molecule has 0 aromatic heterocycles. The highest BCUT2D eigenvalue weighted by molar-refractivity contribution is 6.00. The Balaban J connectivity index is 1.38. The van der Waals surface area contributed by atoms with Crippen LogP contribution in [-0.4, -0.2) is 59.3 Å². The molecule has 0 spiro atoms. The van der Waals surface area contributed by atoms with E-state index < -0.39 is 30.9 Å². The zero-order valence-electron chi connectivity index (χ0n) is 25.9. The molecule has 3 aromatic rings. The van der Waals surface area contributed by atoms with E-state index in [0.717, 1.165) is 48.5 Å². The van der Waals surface area contributed by atoms with Gasteiger partial charge in [-0.3, -0.25) is 14.4 Å². The number of carbonyl (C=O) groups excluding carboxylic acids is 1. The summed E-state index contributed by atoms with van der Waals surface area (Å²) in [5.74, 6) is -1.79. The SMILES string of the molecule is O=C(O)CN(CC(=O)O)C(=O)c1cc(OCCCCCCCCCCCCOc2ccccc2)ccc1OCc1ccccc1. The highest BCUT2D eigenvalue weighted by atomic mass is 16.5. The number of amides is 1. The number of rotatable bonds is 23. The quantitative estimate of drug-likeness (QED) is 0.107. The Hall–Kier alpha value is -4.53. The number of nitrogens with zero attached hydrogens (tertiary/aromatic N) is 1. The van der Waals surface area contributed by atoms with Crippen LogP contribution in [0.2, 0.25) is 0 Å². The van der Waals surface area contributed by atoms with Gasteiger partial charge in [-0.15, -0.1) is 0 Å². The van der Waals surface area contributed by atoms with Crippen molar-refractivity contribution in [2.24, 2.45) is 0 Å². The van der Waals surface area contributed by atoms with E-state index in [1.807, 2.05) is 60.7 Å². The standard InChI is InChI=1S/C36H45NO8/c38-34(39)26-37(27-35(40)41)36(42)32-25-31(21-22-33(32)45-28-29-17-11-9-12-18-29)44-24-16-8-6-4-2-1-3-5-7-15-23-43-30-19-13-10-14-20-30/h9-14,17-22,25H,1-8,15-16,23-24,26-28H2,(H,38,39)(H,40,41). The maximum absolute atomic E-state index is 13.3. The molecule has 0 saturated carbocycles. The van der Waals surface area contributed by atoms with Gasteiger partial charge >= 0.3 is 11.9 Å². The van der Waals surface area contributed by atoms with E-state index >= 15 is 0 Å². The third-order valence-electron chi connectivity index (χ3n) is 7.18. The van der Waals surface area contributed by atoms with Crippen LogP contribution in [-0.2, 0) is 16.2 Å². The number of para-hydroxylation sites is 1. The lowest BCUT2D eigenvalue weighted by atomic mass is 10.1. The van der Waals surface area contributed by atoms with Crippen molar-refractivity contribution in [3.05, 3.63) is 90.0 Å². The highest BCUT2D eigenvalue weighted by Gasteiger charge is 2.25. The van der Waals surface area contributed by atoms with Gasteiger partial charge < -0.3 is 29.3 Å². The monoisotopic (exact) mass is 619 g/mol. The lowest BCUT2D eigenvalue weighted by Gasteiger charge is -2.21. The number of carboxylic acid groups (broad SMARTS) is 2. The van der Waals surface area contributed by atoms with Gasteiger partial charge in [-0.05, 0) is 48.7 Å². The molecule has 45 heavy (non-hydrogen) atoms. The maximum atomic E-state index is 13.3. The Bertz CT molecular complexity index is 1280. The molecular formula is C36H45NO8. The molecule has 9 heteroatoms. The summed E-state index contributed by atoms with van der Waals surface area (Å²) in [6, 6.07) is 24.1. The molecule has 0 fully saturated rings. The molecule has 0 unspecified atom stereocenters. The summed E-state index contributed by atoms with van der Waals surface area (Å²) < 4.78 is 17.5. The van der Waals surface area contributed by atoms with Crippen LogP contribution in [0.15, 0.2) is 78.9 Å². The summed E-state index contributed by atoms with van der Waals surface area (Å²) in [6.45, 7) is -0.0837. The predicted octanol–water partition coefficient (Wildman–Crippen LogP) is 7.24. The van der Waals surface area contributed by atoms with Crippen molar-refractivity contribution < 1.29 is 38.8 Å². The van der Waals surface area contributed by atoms with Crippen LogP contribution in [0.4, 0.5) is 0 Å². The smallest absolute Gasteiger partial charge is 0.323 e. The van der Waals surface area contributed by atoms with Gasteiger partial charge in [-0.2, -0.15) is 0 Å². The lowest BCUT2D eigenvalue weighted by Crippen LogP contribution is -2.39. The average Bonchev–Trinajstić information content (AvgIpc) is 3.04. The van der Waals surface area contributed by atoms with Crippen LogP contribution in [0.1, 0.15) is 80.1 Å². The maximum Gasteiger partial charge on any atom is 0.323 e. The molecule has 242 valence electrons. The van der Waals surface area contributed by atoms with E-state index in [2.05, 4.69) is 0 Å². The van der Waals surface area contributed by atoms with Crippen LogP contribution in [0, 0.1) is 0 Å². The first-order valence-corrected chi connectivity index (χ1v) is 15.8. The largest absolute Gasteiger partial charge is 0.494 e. The van der Waals surface area contributed by atoms with Gasteiger partial charge in [-0.25, -0.2) is 0 Å². The summed E-state index contributed by atoms with van der Waals surface area (Å²) >= 11 is 0. The number of hydrogen-bond donors (Lipinski definition) is 2. The van der Waals surface area contributed by atoms with Crippen molar-refractivity contribution in [2.75, 3.05) is 26.3 Å². The minimum absolute atomic E-state index is 0.0506. The van der Waals surface area contributed by atoms with Crippen LogP contribution >= 0.6 is 0 Å². The van der Waals surface area contributed by atoms with Crippen molar-refractivity contribution in [1.82, 2.24) is 4.90 Å². The first-order chi connectivity index (χ1) is 21.9. The van der Waals surface area contributed by atoms with Gasteiger partial charge in [0.1, 0.15) is 36.9 Å². The second kappa shape index (κ2) is 20.4. The van der Waals surface area contributed by atoms with Gasteiger partial charge in [-0.1, -0.05) is 99.9 Å². The first kappa shape index (κ1) is 35.0. The van der Waals surface area contributed by atoms with Gasteiger partial charge in [0, 0.05) is 0 Å². The van der Waals surface area contributed by atoms with Crippen LogP contribution < -0.4 is 14.2 Å². The van der Waals surface area contributed by atoms with E-state index in [-0.39, 0.29) is 17.9 Å². The molecule has 0 atom stereocenters. The molecule has 2 N–H and O–H groups in total. The van der Waals surface area contributed by atoms with Crippen molar-refractivity contribution >= 4 is 17.8 Å². The topological polar surface area (TPSA) is 123 Å². The minimum Gasteiger partial charge on any atom is -0.494 e. The fourth-order valence-corrected chi connectivity index (χ4v) is 4.84. The predicted molar refractivity (Wildman–Crippen MR) is 172 cm³/mol. The summed E-state index contributed by atoms with van der Waals surface area (Å²) in [6.07, 6.45) is 11.4. The zero-order valence-corrected chi connectivity index (χ0v) is 25.9. The summed E-state index contributed by atoms with van der Waals surface area (Å²) in [4.78, 5) is 36.7. The van der Waals surface area contributed by atoms with Crippen LogP contribution in [0.25, 0.3) is 0 Å². The molecule has 0 bridgehead atoms. The number of carboxylic acids is 2. The third-order valence-corrected chi connectivity index (χ3v) is 7.18. The van der Waals surface area contributed by atoms with Crippen molar-refractivity contribution in [3.8, 4) is 17.2 Å². The number of ether oxygens (including phenoxy) is 3. The van der Waals surface area contributed by atoms with Gasteiger partial charge in [0.2, 0.25) is 0 Å². The van der Waals surface area contributed by atoms with Crippen LogP contribution in [0.5, 0.6) is 17.2 Å². The first-order valence-electron chi connectivity index (χ1n) is 15.8. The van der Waals surface area contributed by atoms with Gasteiger partial charge in [0.05, 0.1) is 18.8 Å². The number of aliphatic carboxylic acids is 2. The Morgan fingerprint density at radius 1 is 0.556 bits per heavy atom. The van der Waals surface area contributed by atoms with E-state index in [1.165, 1.54) is 44.6 Å². The minimum atomic E-state index is -1.31. The van der Waals surface area contributed by atoms with E-state index in [9.17, 15) is 24.6 Å². The molecule has 9 nitrogen and oxygen atoms in total. The third kappa shape index (κ3) is 14.2. The van der Waals surface area contributed by atoms with E-state index in [1.54, 1.807) is 12.1 Å². The average molecular weight is 620 g/mol. The summed E-state index contributed by atoms with van der Waals surface area (Å²) in [7, 11) is 0. The highest BCUT2D eigenvalue weighted by Crippen LogP contribution is 2.27. The molecule has 0 saturated heterocycles. The molecule has 1 amide bonds. The summed E-state index contributed by atoms with van der Waals surface area (Å²) in [5, 5.41) is 18.5. The molecule has 0 aliphatic rings. The molecule has 0 heterocycles. The molecule has 3 aromatic carbocycles. The second-order valence-corrected chi connectivity index (χ2v) is 10.9. The number of carbonyl (C=O) groups is 3. The fourth-order valence-electron chi connectivity index (χ4n) is 4.84. The number of hydrogen-bond acceptors (Lipinski definition) is 6. The molecular weight excluding hydrogens is 574 g/mol. The van der Waals surface area contributed by atoms with E-state index in [0.29, 0.717) is 12.4 Å². The van der Waals surface area contributed by atoms with Crippen molar-refractivity contribution in [2.45, 2.75) is 70.8 Å². The molecule has 0 aliphatic carbocycles. The number of unbranched alkanes of at least 4 members (excludes halogenated alkanes) is 9. The Morgan fingerprint density at radius 3 is 1.58 bits per heavy atom. The number of benzene rings is 3. The second-order valence-electron chi connectivity index (χ2n) is 10.9. The zero-order chi connectivity index (χ0) is 32.1. The molecule has 0 radical (unpaired) electrons. The van der Waals surface area contributed by atoms with Crippen molar-refractivity contribution in [3.63, 3.8) is 0 Å². The summed E-state index contributed by atoms with van der Waals surface area (Å²) in [5.41, 5.74) is 0.934. The Labute approximate surface area is 265 Å². The van der Waals surface area contributed by atoms with Gasteiger partial charge in [0.25, 0.3) is 5.91 Å². The normalized spacial score (nSPS) is 10.7. The van der Waals surface area contributed by atoms with E-state index in [4.69, 9.17) is 14.2 Å². The fraction of sp³-hybridized carbons (Fsp3) is 0.417.